The molecule has 114 valence electrons. The number of hydrogen-bond acceptors (Lipinski definition) is 3. The lowest BCUT2D eigenvalue weighted by Crippen LogP contribution is -2.51. The molecule has 1 saturated heterocycles. The van der Waals surface area contributed by atoms with Crippen LogP contribution in [-0.4, -0.2) is 48.7 Å². The molecule has 20 heavy (non-hydrogen) atoms. The number of nitrogens with zero attached hydrogens (tertiary/aromatic N) is 1. The minimum Gasteiger partial charge on any atom is -0.390 e. The second-order valence-electron chi connectivity index (χ2n) is 4.66. The van der Waals surface area contributed by atoms with E-state index in [1.165, 1.54) is 0 Å². The van der Waals surface area contributed by atoms with E-state index < -0.39 is 18.6 Å². The summed E-state index contributed by atoms with van der Waals surface area (Å²) in [6, 6.07) is 6.06. The Morgan fingerprint density at radius 3 is 2.55 bits per heavy atom. The van der Waals surface area contributed by atoms with Gasteiger partial charge in [-0.25, -0.2) is 8.78 Å². The van der Waals surface area contributed by atoms with E-state index in [0.29, 0.717) is 31.7 Å². The molecule has 2 rings (SSSR count). The number of hydrogen-bond donors (Lipinski definition) is 2. The minimum atomic E-state index is -3.14. The number of benzene rings is 1. The highest BCUT2D eigenvalue weighted by atomic mass is 127. The van der Waals surface area contributed by atoms with Gasteiger partial charge >= 0.3 is 0 Å². The molecule has 0 aromatic heterocycles. The maximum absolute atomic E-state index is 14.1. The summed E-state index contributed by atoms with van der Waals surface area (Å²) in [5.41, 5.74) is 0.563. The molecule has 1 aromatic rings. The molecule has 0 saturated carbocycles. The van der Waals surface area contributed by atoms with Crippen molar-refractivity contribution in [3.05, 3.63) is 33.4 Å². The predicted octanol–water partition coefficient (Wildman–Crippen LogP) is 2.29. The van der Waals surface area contributed by atoms with Gasteiger partial charge in [0, 0.05) is 29.7 Å². The van der Waals surface area contributed by atoms with Crippen molar-refractivity contribution >= 4 is 35.0 Å². The molecule has 0 spiro atoms. The summed E-state index contributed by atoms with van der Waals surface area (Å²) in [6.07, 6.45) is 0. The average Bonchev–Trinajstić information content (AvgIpc) is 2.40. The first-order valence-electron chi connectivity index (χ1n) is 6.23. The van der Waals surface area contributed by atoms with E-state index >= 15 is 0 Å². The van der Waals surface area contributed by atoms with Gasteiger partial charge in [-0.1, -0.05) is 12.1 Å². The second-order valence-corrected chi connectivity index (χ2v) is 5.91. The van der Waals surface area contributed by atoms with Gasteiger partial charge in [-0.05, 0) is 40.3 Å². The summed E-state index contributed by atoms with van der Waals surface area (Å²) in [5.74, 6) is -3.14. The third kappa shape index (κ3) is 4.24. The highest BCUT2D eigenvalue weighted by Crippen LogP contribution is 2.36. The van der Waals surface area contributed by atoms with Gasteiger partial charge in [0.1, 0.15) is 12.6 Å². The minimum absolute atomic E-state index is 0. The lowest BCUT2D eigenvalue weighted by molar-refractivity contribution is -0.118. The smallest absolute Gasteiger partial charge is 0.289 e. The highest BCUT2D eigenvalue weighted by Gasteiger charge is 2.43. The van der Waals surface area contributed by atoms with Gasteiger partial charge in [0.05, 0.1) is 0 Å². The van der Waals surface area contributed by atoms with Gasteiger partial charge in [0.2, 0.25) is 0 Å². The Morgan fingerprint density at radius 1 is 1.35 bits per heavy atom. The van der Waals surface area contributed by atoms with Crippen molar-refractivity contribution in [2.24, 2.45) is 0 Å². The molecule has 3 nitrogen and oxygen atoms in total. The number of alkyl halides is 2. The van der Waals surface area contributed by atoms with Crippen LogP contribution < -0.4 is 5.32 Å². The summed E-state index contributed by atoms with van der Waals surface area (Å²) in [5, 5.41) is 12.2. The summed E-state index contributed by atoms with van der Waals surface area (Å²) < 4.78 is 29.1. The fourth-order valence-corrected chi connectivity index (χ4v) is 2.99. The van der Waals surface area contributed by atoms with Crippen molar-refractivity contribution in [1.29, 1.82) is 0 Å². The highest BCUT2D eigenvalue weighted by molar-refractivity contribution is 14.1. The maximum atomic E-state index is 14.1. The number of nitrogens with one attached hydrogen (secondary N) is 1. The SMILES string of the molecule is Cl.OCC(F)(F)[C@@H](c1cccc(I)c1)N1CCNCC1. The van der Waals surface area contributed by atoms with Crippen LogP contribution in [0.2, 0.25) is 0 Å². The number of aliphatic hydroxyl groups excluding tert-OH is 1. The van der Waals surface area contributed by atoms with E-state index in [0.717, 1.165) is 3.57 Å². The molecule has 1 aliphatic heterocycles. The number of rotatable bonds is 4. The van der Waals surface area contributed by atoms with Crippen LogP contribution in [0.5, 0.6) is 0 Å². The normalized spacial score (nSPS) is 18.4. The Bertz CT molecular complexity index is 431. The zero-order valence-electron chi connectivity index (χ0n) is 10.9. The molecule has 1 aliphatic rings. The first-order valence-corrected chi connectivity index (χ1v) is 7.31. The van der Waals surface area contributed by atoms with Gasteiger partial charge in [0.15, 0.2) is 0 Å². The van der Waals surface area contributed by atoms with Crippen LogP contribution in [0.25, 0.3) is 0 Å². The molecule has 0 aliphatic carbocycles. The van der Waals surface area contributed by atoms with Crippen LogP contribution >= 0.6 is 35.0 Å². The van der Waals surface area contributed by atoms with Crippen LogP contribution in [0.15, 0.2) is 24.3 Å². The van der Waals surface area contributed by atoms with E-state index in [9.17, 15) is 8.78 Å². The van der Waals surface area contributed by atoms with Gasteiger partial charge in [-0.3, -0.25) is 4.90 Å². The fraction of sp³-hybridized carbons (Fsp3) is 0.538. The Morgan fingerprint density at radius 2 is 2.00 bits per heavy atom. The summed E-state index contributed by atoms with van der Waals surface area (Å²) >= 11 is 2.11. The van der Waals surface area contributed by atoms with Crippen molar-refractivity contribution in [2.75, 3.05) is 32.8 Å². The quantitative estimate of drug-likeness (QED) is 0.737. The van der Waals surface area contributed by atoms with E-state index in [4.69, 9.17) is 5.11 Å². The van der Waals surface area contributed by atoms with E-state index in [-0.39, 0.29) is 12.4 Å². The molecule has 7 heteroatoms. The van der Waals surface area contributed by atoms with Crippen LogP contribution in [-0.2, 0) is 0 Å². The van der Waals surface area contributed by atoms with Crippen molar-refractivity contribution in [2.45, 2.75) is 12.0 Å². The molecule has 1 fully saturated rings. The summed E-state index contributed by atoms with van der Waals surface area (Å²) in [7, 11) is 0. The standard InChI is InChI=1S/C13H17F2IN2O.ClH/c14-13(15,9-19)12(18-6-4-17-5-7-18)10-2-1-3-11(16)8-10;/h1-3,8,12,17,19H,4-7,9H2;1H/t12-;/m1./s1. The van der Waals surface area contributed by atoms with Crippen molar-refractivity contribution in [1.82, 2.24) is 10.2 Å². The Kier molecular flexibility index (Phi) is 7.07. The Labute approximate surface area is 137 Å². The Hall–Kier alpha value is -0.0200. The Balaban J connectivity index is 0.00000200. The third-order valence-electron chi connectivity index (χ3n) is 3.29. The van der Waals surface area contributed by atoms with Crippen molar-refractivity contribution < 1.29 is 13.9 Å². The molecular formula is C13H18ClF2IN2O. The fourth-order valence-electron chi connectivity index (χ4n) is 2.43. The van der Waals surface area contributed by atoms with Crippen LogP contribution in [0.3, 0.4) is 0 Å². The molecule has 0 amide bonds. The summed E-state index contributed by atoms with van der Waals surface area (Å²) in [6.45, 7) is 1.38. The van der Waals surface area contributed by atoms with Crippen LogP contribution in [0.1, 0.15) is 11.6 Å². The predicted molar refractivity (Wildman–Crippen MR) is 85.6 cm³/mol. The molecule has 1 aromatic carbocycles. The monoisotopic (exact) mass is 418 g/mol. The van der Waals surface area contributed by atoms with Gasteiger partial charge in [-0.2, -0.15) is 0 Å². The largest absolute Gasteiger partial charge is 0.390 e. The van der Waals surface area contributed by atoms with Crippen LogP contribution in [0.4, 0.5) is 8.78 Å². The van der Waals surface area contributed by atoms with Crippen molar-refractivity contribution in [3.8, 4) is 0 Å². The number of piperazine rings is 1. The zero-order chi connectivity index (χ0) is 13.9. The molecular weight excluding hydrogens is 401 g/mol. The molecule has 0 bridgehead atoms. The van der Waals surface area contributed by atoms with Gasteiger partial charge < -0.3 is 10.4 Å². The van der Waals surface area contributed by atoms with Gasteiger partial charge in [0.25, 0.3) is 5.92 Å². The molecule has 0 radical (unpaired) electrons. The average molecular weight is 419 g/mol. The molecule has 1 atom stereocenters. The summed E-state index contributed by atoms with van der Waals surface area (Å²) in [4.78, 5) is 1.75. The molecule has 2 N–H and O–H groups in total. The van der Waals surface area contributed by atoms with Gasteiger partial charge in [-0.15, -0.1) is 12.4 Å². The van der Waals surface area contributed by atoms with E-state index in [2.05, 4.69) is 27.9 Å². The third-order valence-corrected chi connectivity index (χ3v) is 3.96. The van der Waals surface area contributed by atoms with Crippen LogP contribution in [0, 0.1) is 3.57 Å². The van der Waals surface area contributed by atoms with E-state index in [1.54, 1.807) is 23.1 Å². The number of halogens is 4. The number of aliphatic hydroxyl groups is 1. The molecule has 1 heterocycles. The molecule has 0 unspecified atom stereocenters. The lowest BCUT2D eigenvalue weighted by Gasteiger charge is -2.38. The first kappa shape index (κ1) is 18.0. The van der Waals surface area contributed by atoms with E-state index in [1.807, 2.05) is 6.07 Å². The second kappa shape index (κ2) is 7.84. The zero-order valence-corrected chi connectivity index (χ0v) is 13.8. The lowest BCUT2D eigenvalue weighted by atomic mass is 9.98. The van der Waals surface area contributed by atoms with Crippen molar-refractivity contribution in [3.63, 3.8) is 0 Å². The topological polar surface area (TPSA) is 35.5 Å². The maximum Gasteiger partial charge on any atom is 0.289 e. The first-order chi connectivity index (χ1) is 9.04.